The second-order valence-corrected chi connectivity index (χ2v) is 11.5. The molecule has 1 atom stereocenters. The van der Waals surface area contributed by atoms with E-state index >= 15 is 0 Å². The average molecular weight is 548 g/mol. The maximum absolute atomic E-state index is 13.1. The summed E-state index contributed by atoms with van der Waals surface area (Å²) in [6.07, 6.45) is 0.127. The van der Waals surface area contributed by atoms with E-state index in [1.165, 1.54) is 51.7 Å². The largest absolute Gasteiger partial charge is 0.489 e. The summed E-state index contributed by atoms with van der Waals surface area (Å²) in [6, 6.07) is 8.15. The minimum absolute atomic E-state index is 0.0324. The Balaban J connectivity index is 1.65. The number of thiophene rings is 1. The van der Waals surface area contributed by atoms with Gasteiger partial charge in [-0.05, 0) is 111 Å². The van der Waals surface area contributed by atoms with Crippen molar-refractivity contribution in [3.05, 3.63) is 89.4 Å². The van der Waals surface area contributed by atoms with Gasteiger partial charge in [0.05, 0.1) is 11.0 Å². The molecule has 0 amide bonds. The van der Waals surface area contributed by atoms with Gasteiger partial charge in [-0.3, -0.25) is 10.1 Å². The van der Waals surface area contributed by atoms with Crippen molar-refractivity contribution in [2.45, 2.75) is 59.8 Å². The summed E-state index contributed by atoms with van der Waals surface area (Å²) in [6.45, 7) is 12.5. The molecular weight excluding hydrogens is 517 g/mol. The van der Waals surface area contributed by atoms with Crippen LogP contribution in [0.4, 0.5) is 10.1 Å². The minimum Gasteiger partial charge on any atom is -0.489 e. The summed E-state index contributed by atoms with van der Waals surface area (Å²) in [7, 11) is 0. The fraction of sp³-hybridized carbons (Fsp3) is 0.370. The van der Waals surface area contributed by atoms with E-state index in [1.54, 1.807) is 18.2 Å². The third kappa shape index (κ3) is 6.83. The predicted octanol–water partition coefficient (Wildman–Crippen LogP) is 7.93. The van der Waals surface area contributed by atoms with Gasteiger partial charge in [0.25, 0.3) is 5.69 Å². The first-order valence-corrected chi connectivity index (χ1v) is 13.7. The van der Waals surface area contributed by atoms with Gasteiger partial charge < -0.3 is 9.47 Å². The van der Waals surface area contributed by atoms with Crippen molar-refractivity contribution in [3.8, 4) is 5.75 Å². The van der Waals surface area contributed by atoms with Gasteiger partial charge >= 0.3 is 0 Å². The number of hydrogen-bond acceptors (Lipinski definition) is 7. The topological polar surface area (TPSA) is 61.6 Å². The molecule has 0 bridgehead atoms. The Morgan fingerprint density at radius 1 is 1.08 bits per heavy atom. The number of benzene rings is 2. The molecule has 3 rings (SSSR count). The summed E-state index contributed by atoms with van der Waals surface area (Å²) in [5.74, 6) is 0.937. The van der Waals surface area contributed by atoms with Crippen LogP contribution in [0.2, 0.25) is 0 Å². The first-order valence-electron chi connectivity index (χ1n) is 11.5. The molecule has 3 aromatic rings. The molecule has 9 heteroatoms. The van der Waals surface area contributed by atoms with Crippen LogP contribution in [0.3, 0.4) is 0 Å². The van der Waals surface area contributed by atoms with Crippen LogP contribution in [0.25, 0.3) is 0 Å². The number of rotatable bonds is 9. The third-order valence-electron chi connectivity index (χ3n) is 6.52. The van der Waals surface area contributed by atoms with Gasteiger partial charge in [-0.15, -0.1) is 11.3 Å². The average Bonchev–Trinajstić information content (AvgIpc) is 3.27. The highest BCUT2D eigenvalue weighted by Crippen LogP contribution is 2.32. The zero-order valence-electron chi connectivity index (χ0n) is 21.3. The van der Waals surface area contributed by atoms with E-state index in [0.29, 0.717) is 27.9 Å². The fourth-order valence-corrected chi connectivity index (χ4v) is 5.86. The van der Waals surface area contributed by atoms with Crippen molar-refractivity contribution in [3.63, 3.8) is 0 Å². The molecule has 0 spiro atoms. The van der Waals surface area contributed by atoms with Crippen molar-refractivity contribution in [1.29, 1.82) is 0 Å². The number of nitro groups is 1. The van der Waals surface area contributed by atoms with Crippen molar-refractivity contribution in [1.82, 2.24) is 0 Å². The van der Waals surface area contributed by atoms with Crippen molar-refractivity contribution < 1.29 is 18.8 Å². The highest BCUT2D eigenvalue weighted by molar-refractivity contribution is 8.22. The summed E-state index contributed by atoms with van der Waals surface area (Å²) < 4.78 is 24.9. The molecule has 0 aliphatic carbocycles. The fourth-order valence-electron chi connectivity index (χ4n) is 3.99. The normalized spacial score (nSPS) is 11.9. The van der Waals surface area contributed by atoms with E-state index in [0.717, 1.165) is 21.8 Å². The second kappa shape index (κ2) is 12.2. The lowest BCUT2D eigenvalue weighted by atomic mass is 9.86. The number of nitro benzene ring substituents is 1. The Kier molecular flexibility index (Phi) is 9.49. The number of hydrogen-bond donors (Lipinski definition) is 0. The molecule has 5 nitrogen and oxygen atoms in total. The number of halogens is 1. The van der Waals surface area contributed by atoms with Gasteiger partial charge in [-0.2, -0.15) is 4.39 Å². The van der Waals surface area contributed by atoms with Crippen molar-refractivity contribution in [2.75, 3.05) is 6.61 Å². The van der Waals surface area contributed by atoms with Gasteiger partial charge in [0.15, 0.2) is 5.13 Å². The Labute approximate surface area is 225 Å². The molecule has 0 aliphatic rings. The van der Waals surface area contributed by atoms with Crippen LogP contribution < -0.4 is 4.74 Å². The van der Waals surface area contributed by atoms with Crippen molar-refractivity contribution in [2.24, 2.45) is 0 Å². The minimum atomic E-state index is -0.361. The molecule has 36 heavy (non-hydrogen) atoms. The highest BCUT2D eigenvalue weighted by atomic mass is 32.2. The molecule has 0 unspecified atom stereocenters. The van der Waals surface area contributed by atoms with E-state index in [-0.39, 0.29) is 28.5 Å². The lowest BCUT2D eigenvalue weighted by Gasteiger charge is -2.19. The molecule has 0 fully saturated rings. The Morgan fingerprint density at radius 3 is 2.31 bits per heavy atom. The number of ether oxygens (including phenoxy) is 2. The van der Waals surface area contributed by atoms with Gasteiger partial charge in [-0.25, -0.2) is 0 Å². The number of thiocarbonyl (C=S) groups is 1. The molecule has 192 valence electrons. The molecule has 0 saturated carbocycles. The van der Waals surface area contributed by atoms with Crippen LogP contribution in [0, 0.1) is 49.9 Å². The third-order valence-corrected chi connectivity index (χ3v) is 8.81. The highest BCUT2D eigenvalue weighted by Gasteiger charge is 2.20. The van der Waals surface area contributed by atoms with Gasteiger partial charge in [-0.1, -0.05) is 11.8 Å². The Hall–Kier alpha value is -2.49. The summed E-state index contributed by atoms with van der Waals surface area (Å²) in [4.78, 5) is 12.4. The molecule has 1 heterocycles. The van der Waals surface area contributed by atoms with Gasteiger partial charge in [0, 0.05) is 22.6 Å². The first kappa shape index (κ1) is 28.1. The van der Waals surface area contributed by atoms with Gasteiger partial charge in [0.2, 0.25) is 4.38 Å². The standard InChI is InChI=1S/C27H30FNO4S3/c1-15(33-27(34)35-14-23-9-10-26(28)36-23)13-32-22-8-7-21(25(12-22)29(30)31)11-24-19(5)17(3)16(2)18(4)20(24)6/h7-10,12,15H,11,13-14H2,1-6H3/t15-/m1/s1. The van der Waals surface area contributed by atoms with Gasteiger partial charge in [0.1, 0.15) is 18.5 Å². The van der Waals surface area contributed by atoms with Crippen molar-refractivity contribution >= 4 is 45.4 Å². The lowest BCUT2D eigenvalue weighted by Crippen LogP contribution is -2.20. The summed E-state index contributed by atoms with van der Waals surface area (Å²) in [5.41, 5.74) is 7.88. The Morgan fingerprint density at radius 2 is 1.72 bits per heavy atom. The molecule has 2 aromatic carbocycles. The molecule has 0 radical (unpaired) electrons. The molecule has 0 N–H and O–H groups in total. The van der Waals surface area contributed by atoms with E-state index in [2.05, 4.69) is 34.6 Å². The number of nitrogens with zero attached hydrogens (tertiary/aromatic N) is 1. The zero-order chi connectivity index (χ0) is 26.6. The zero-order valence-corrected chi connectivity index (χ0v) is 23.7. The smallest absolute Gasteiger partial charge is 0.276 e. The second-order valence-electron chi connectivity index (χ2n) is 8.81. The molecule has 0 saturated heterocycles. The van der Waals surface area contributed by atoms with Crippen LogP contribution in [0.15, 0.2) is 30.3 Å². The van der Waals surface area contributed by atoms with Crippen LogP contribution in [-0.4, -0.2) is 22.0 Å². The lowest BCUT2D eigenvalue weighted by molar-refractivity contribution is -0.385. The quantitative estimate of drug-likeness (QED) is 0.154. The van der Waals surface area contributed by atoms with Crippen LogP contribution >= 0.6 is 35.3 Å². The van der Waals surface area contributed by atoms with E-state index in [1.807, 2.05) is 6.92 Å². The SMILES string of the molecule is Cc1c(C)c(C)c(Cc2ccc(OC[C@@H](C)OC(=S)SCc3ccc(F)s3)cc2[N+](=O)[O-])c(C)c1C. The van der Waals surface area contributed by atoms with E-state index in [4.69, 9.17) is 21.7 Å². The summed E-state index contributed by atoms with van der Waals surface area (Å²) in [5, 5.41) is 11.7. The molecular formula is C27H30FNO4S3. The summed E-state index contributed by atoms with van der Waals surface area (Å²) >= 11 is 7.65. The maximum atomic E-state index is 13.1. The molecule has 0 aliphatic heterocycles. The number of thioether (sulfide) groups is 1. The molecule has 1 aromatic heterocycles. The van der Waals surface area contributed by atoms with Crippen LogP contribution in [-0.2, 0) is 16.9 Å². The predicted molar refractivity (Wildman–Crippen MR) is 150 cm³/mol. The monoisotopic (exact) mass is 547 g/mol. The van der Waals surface area contributed by atoms with E-state index < -0.39 is 0 Å². The van der Waals surface area contributed by atoms with E-state index in [9.17, 15) is 14.5 Å². The maximum Gasteiger partial charge on any atom is 0.276 e. The first-order chi connectivity index (χ1) is 17.0. The van der Waals surface area contributed by atoms with Crippen LogP contribution in [0.5, 0.6) is 5.75 Å². The van der Waals surface area contributed by atoms with Crippen LogP contribution in [0.1, 0.15) is 50.7 Å². The Bertz CT molecular complexity index is 1260.